The fourth-order valence-electron chi connectivity index (χ4n) is 8.77. The first kappa shape index (κ1) is 19.3. The lowest BCUT2D eigenvalue weighted by Gasteiger charge is -2.71. The van der Waals surface area contributed by atoms with Crippen molar-refractivity contribution in [1.29, 1.82) is 0 Å². The molecule has 0 saturated heterocycles. The van der Waals surface area contributed by atoms with Gasteiger partial charge in [0.1, 0.15) is 17.3 Å². The quantitative estimate of drug-likeness (QED) is 0.639. The molecule has 0 amide bonds. The van der Waals surface area contributed by atoms with E-state index in [9.17, 15) is 14.4 Å². The van der Waals surface area contributed by atoms with Crippen LogP contribution in [-0.4, -0.2) is 17.3 Å². The standard InChI is InChI=1S/C24H36O3/c1-15(25)17-8-11-21(3)18-9-10-20(2)13-16(26)7-12-23(20,5)24(18,6)19(27)14-22(17,21)4/h17-18H,7-14H2,1-6H3/t17-,18+,20+,21+,22-,23+,24-/m1/s1. The van der Waals surface area contributed by atoms with Crippen molar-refractivity contribution in [2.45, 2.75) is 92.9 Å². The summed E-state index contributed by atoms with van der Waals surface area (Å²) in [5.41, 5.74) is -0.786. The molecule has 0 radical (unpaired) electrons. The molecule has 0 bridgehead atoms. The molecule has 4 aliphatic rings. The van der Waals surface area contributed by atoms with Crippen LogP contribution < -0.4 is 0 Å². The number of ketones is 3. The zero-order valence-corrected chi connectivity index (χ0v) is 18.0. The Bertz CT molecular complexity index is 740. The average Bonchev–Trinajstić information content (AvgIpc) is 2.82. The van der Waals surface area contributed by atoms with Gasteiger partial charge in [0.2, 0.25) is 0 Å². The molecule has 7 atom stereocenters. The molecule has 0 N–H and O–H groups in total. The van der Waals surface area contributed by atoms with E-state index in [4.69, 9.17) is 0 Å². The van der Waals surface area contributed by atoms with Gasteiger partial charge in [-0.2, -0.15) is 0 Å². The van der Waals surface area contributed by atoms with Crippen LogP contribution in [0.5, 0.6) is 0 Å². The molecule has 150 valence electrons. The van der Waals surface area contributed by atoms with E-state index in [1.807, 2.05) is 0 Å². The maximum absolute atomic E-state index is 13.9. The first-order valence-corrected chi connectivity index (χ1v) is 10.9. The second-order valence-electron chi connectivity index (χ2n) is 11.5. The van der Waals surface area contributed by atoms with Crippen molar-refractivity contribution in [1.82, 2.24) is 0 Å². The topological polar surface area (TPSA) is 51.2 Å². The third-order valence-corrected chi connectivity index (χ3v) is 11.0. The van der Waals surface area contributed by atoms with Crippen LogP contribution in [0.3, 0.4) is 0 Å². The third kappa shape index (κ3) is 1.97. The Kier molecular flexibility index (Phi) is 3.82. The molecular weight excluding hydrogens is 336 g/mol. The summed E-state index contributed by atoms with van der Waals surface area (Å²) in [5, 5.41) is 0. The van der Waals surface area contributed by atoms with Gasteiger partial charge in [0.05, 0.1) is 0 Å². The van der Waals surface area contributed by atoms with Crippen molar-refractivity contribution >= 4 is 17.3 Å². The Morgan fingerprint density at radius 2 is 1.56 bits per heavy atom. The summed E-state index contributed by atoms with van der Waals surface area (Å²) in [5.74, 6) is 1.32. The minimum atomic E-state index is -0.388. The number of hydrogen-bond donors (Lipinski definition) is 0. The molecule has 4 rings (SSSR count). The first-order valence-electron chi connectivity index (χ1n) is 10.9. The average molecular weight is 373 g/mol. The summed E-state index contributed by atoms with van der Waals surface area (Å²) in [4.78, 5) is 38.6. The minimum Gasteiger partial charge on any atom is -0.300 e. The summed E-state index contributed by atoms with van der Waals surface area (Å²) in [6.07, 6.45) is 6.62. The fraction of sp³-hybridized carbons (Fsp3) is 0.875. The first-order chi connectivity index (χ1) is 12.4. The van der Waals surface area contributed by atoms with Gasteiger partial charge in [0.25, 0.3) is 0 Å². The summed E-state index contributed by atoms with van der Waals surface area (Å²) < 4.78 is 0. The van der Waals surface area contributed by atoms with E-state index in [1.165, 1.54) is 0 Å². The van der Waals surface area contributed by atoms with Crippen molar-refractivity contribution in [3.8, 4) is 0 Å². The van der Waals surface area contributed by atoms with Gasteiger partial charge >= 0.3 is 0 Å². The molecule has 0 aromatic carbocycles. The summed E-state index contributed by atoms with van der Waals surface area (Å²) in [6, 6.07) is 0. The lowest BCUT2D eigenvalue weighted by molar-refractivity contribution is -0.223. The van der Waals surface area contributed by atoms with Crippen LogP contribution in [0, 0.1) is 38.9 Å². The highest BCUT2D eigenvalue weighted by molar-refractivity contribution is 5.91. The minimum absolute atomic E-state index is 0.0186. The molecule has 0 aliphatic heterocycles. The van der Waals surface area contributed by atoms with Gasteiger partial charge in [-0.1, -0.05) is 34.6 Å². The molecule has 4 saturated carbocycles. The number of carbonyl (C=O) groups excluding carboxylic acids is 3. The van der Waals surface area contributed by atoms with Crippen LogP contribution in [0.1, 0.15) is 92.9 Å². The summed E-state index contributed by atoms with van der Waals surface area (Å²) in [6.45, 7) is 13.1. The van der Waals surface area contributed by atoms with Gasteiger partial charge in [-0.15, -0.1) is 0 Å². The van der Waals surface area contributed by atoms with E-state index in [0.29, 0.717) is 36.7 Å². The van der Waals surface area contributed by atoms with Gasteiger partial charge in [-0.3, -0.25) is 14.4 Å². The van der Waals surface area contributed by atoms with Crippen LogP contribution in [0.2, 0.25) is 0 Å². The number of rotatable bonds is 1. The van der Waals surface area contributed by atoms with Gasteiger partial charge in [-0.05, 0) is 66.6 Å². The molecule has 0 aromatic heterocycles. The van der Waals surface area contributed by atoms with E-state index in [1.54, 1.807) is 6.92 Å². The van der Waals surface area contributed by atoms with Crippen LogP contribution in [0.15, 0.2) is 0 Å². The van der Waals surface area contributed by atoms with Crippen LogP contribution in [-0.2, 0) is 14.4 Å². The lowest BCUT2D eigenvalue weighted by atomic mass is 9.32. The molecule has 0 heterocycles. The predicted octanol–water partition coefficient (Wildman–Crippen LogP) is 5.15. The molecule has 0 unspecified atom stereocenters. The van der Waals surface area contributed by atoms with E-state index in [2.05, 4.69) is 34.6 Å². The van der Waals surface area contributed by atoms with Gasteiger partial charge in [0.15, 0.2) is 0 Å². The number of hydrogen-bond acceptors (Lipinski definition) is 3. The van der Waals surface area contributed by atoms with Crippen molar-refractivity contribution in [3.05, 3.63) is 0 Å². The van der Waals surface area contributed by atoms with Gasteiger partial charge in [-0.25, -0.2) is 0 Å². The molecule has 0 aromatic rings. The van der Waals surface area contributed by atoms with Crippen LogP contribution in [0.4, 0.5) is 0 Å². The molecule has 3 heteroatoms. The SMILES string of the molecule is CC(=O)[C@H]1CC[C@@]2(C)[C@@H]3CC[C@@]4(C)CC(=O)CC[C@]4(C)[C@@]3(C)C(=O)C[C@]12C. The van der Waals surface area contributed by atoms with E-state index < -0.39 is 0 Å². The maximum Gasteiger partial charge on any atom is 0.140 e. The van der Waals surface area contributed by atoms with Gasteiger partial charge in [0, 0.05) is 30.6 Å². The lowest BCUT2D eigenvalue weighted by Crippen LogP contribution is -2.69. The van der Waals surface area contributed by atoms with E-state index >= 15 is 0 Å². The largest absolute Gasteiger partial charge is 0.300 e. The Morgan fingerprint density at radius 3 is 2.19 bits per heavy atom. The molecular formula is C24H36O3. The zero-order chi connectivity index (χ0) is 20.0. The highest BCUT2D eigenvalue weighted by Gasteiger charge is 2.75. The zero-order valence-electron chi connectivity index (χ0n) is 18.0. The van der Waals surface area contributed by atoms with Crippen molar-refractivity contribution in [2.75, 3.05) is 0 Å². The maximum atomic E-state index is 13.9. The van der Waals surface area contributed by atoms with Crippen molar-refractivity contribution < 1.29 is 14.4 Å². The third-order valence-electron chi connectivity index (χ3n) is 11.0. The Hall–Kier alpha value is -0.990. The number of carbonyl (C=O) groups is 3. The Labute approximate surface area is 164 Å². The second-order valence-corrected chi connectivity index (χ2v) is 11.5. The summed E-state index contributed by atoms with van der Waals surface area (Å²) in [7, 11) is 0. The van der Waals surface area contributed by atoms with Crippen LogP contribution in [0.25, 0.3) is 0 Å². The molecule has 4 aliphatic carbocycles. The highest BCUT2D eigenvalue weighted by Crippen LogP contribution is 2.77. The van der Waals surface area contributed by atoms with Crippen molar-refractivity contribution in [3.63, 3.8) is 0 Å². The summed E-state index contributed by atoms with van der Waals surface area (Å²) >= 11 is 0. The molecule has 27 heavy (non-hydrogen) atoms. The van der Waals surface area contributed by atoms with Crippen LogP contribution >= 0.6 is 0 Å². The number of fused-ring (bicyclic) bond motifs is 5. The highest BCUT2D eigenvalue weighted by atomic mass is 16.1. The molecule has 4 fully saturated rings. The van der Waals surface area contributed by atoms with Crippen molar-refractivity contribution in [2.24, 2.45) is 38.9 Å². The van der Waals surface area contributed by atoms with E-state index in [0.717, 1.165) is 32.1 Å². The van der Waals surface area contributed by atoms with Gasteiger partial charge < -0.3 is 0 Å². The van der Waals surface area contributed by atoms with E-state index in [-0.39, 0.29) is 38.8 Å². The second kappa shape index (κ2) is 5.33. The predicted molar refractivity (Wildman–Crippen MR) is 105 cm³/mol. The fourth-order valence-corrected chi connectivity index (χ4v) is 8.77. The Balaban J connectivity index is 1.86. The number of Topliss-reactive ketones (excluding diaryl/α,β-unsaturated/α-hetero) is 3. The normalized spacial score (nSPS) is 54.9. The Morgan fingerprint density at radius 1 is 0.889 bits per heavy atom. The smallest absolute Gasteiger partial charge is 0.140 e. The molecule has 0 spiro atoms. The monoisotopic (exact) mass is 372 g/mol. The molecule has 3 nitrogen and oxygen atoms in total.